The lowest BCUT2D eigenvalue weighted by molar-refractivity contribution is 0.0785. The first-order chi connectivity index (χ1) is 9.97. The minimum Gasteiger partial charge on any atom is -0.395 e. The summed E-state index contributed by atoms with van der Waals surface area (Å²) in [5, 5.41) is 8.77. The van der Waals surface area contributed by atoms with Crippen LogP contribution in [0.1, 0.15) is 27.9 Å². The Labute approximate surface area is 127 Å². The third kappa shape index (κ3) is 5.22. The molecule has 0 radical (unpaired) electrons. The van der Waals surface area contributed by atoms with Crippen molar-refractivity contribution in [3.8, 4) is 11.8 Å². The Hall–Kier alpha value is -1.83. The molecule has 0 unspecified atom stereocenters. The van der Waals surface area contributed by atoms with Crippen LogP contribution < -0.4 is 0 Å². The summed E-state index contributed by atoms with van der Waals surface area (Å²) in [5.74, 6) is 5.92. The molecular weight excluding hydrogens is 264 g/mol. The molecule has 4 nitrogen and oxygen atoms in total. The van der Waals surface area contributed by atoms with E-state index in [-0.39, 0.29) is 12.5 Å². The fourth-order valence-corrected chi connectivity index (χ4v) is 1.87. The lowest BCUT2D eigenvalue weighted by Crippen LogP contribution is -2.33. The molecule has 4 heteroatoms. The molecule has 21 heavy (non-hydrogen) atoms. The zero-order valence-corrected chi connectivity index (χ0v) is 13.3. The quantitative estimate of drug-likeness (QED) is 0.832. The molecule has 0 aromatic heterocycles. The summed E-state index contributed by atoms with van der Waals surface area (Å²) in [6.45, 7) is 3.48. The highest BCUT2D eigenvalue weighted by Gasteiger charge is 2.15. The van der Waals surface area contributed by atoms with Crippen molar-refractivity contribution in [2.24, 2.45) is 0 Å². The maximum Gasteiger partial charge on any atom is 0.253 e. The number of amides is 1. The highest BCUT2D eigenvalue weighted by Crippen LogP contribution is 2.14. The zero-order valence-electron chi connectivity index (χ0n) is 13.3. The van der Waals surface area contributed by atoms with Crippen molar-refractivity contribution in [3.05, 3.63) is 34.9 Å². The van der Waals surface area contributed by atoms with E-state index in [0.29, 0.717) is 18.5 Å². The second-order valence-electron chi connectivity index (χ2n) is 5.28. The average molecular weight is 288 g/mol. The molecule has 1 N–H and O–H groups in total. The Morgan fingerprint density at radius 1 is 1.24 bits per heavy atom. The van der Waals surface area contributed by atoms with Crippen LogP contribution in [0, 0.1) is 18.8 Å². The fourth-order valence-electron chi connectivity index (χ4n) is 1.87. The van der Waals surface area contributed by atoms with Gasteiger partial charge in [0.1, 0.15) is 0 Å². The Morgan fingerprint density at radius 2 is 1.95 bits per heavy atom. The van der Waals surface area contributed by atoms with E-state index in [9.17, 15) is 4.79 Å². The topological polar surface area (TPSA) is 43.8 Å². The molecule has 0 aliphatic heterocycles. The van der Waals surface area contributed by atoms with Crippen molar-refractivity contribution in [1.82, 2.24) is 9.80 Å². The van der Waals surface area contributed by atoms with E-state index < -0.39 is 0 Å². The fraction of sp³-hybridized carbons (Fsp3) is 0.471. The summed E-state index contributed by atoms with van der Waals surface area (Å²) >= 11 is 0. The normalized spacial score (nSPS) is 10.2. The maximum atomic E-state index is 12.5. The lowest BCUT2D eigenvalue weighted by Gasteiger charge is -2.20. The van der Waals surface area contributed by atoms with Crippen LogP contribution in [-0.2, 0) is 0 Å². The SMILES string of the molecule is Cc1c(C#CCCO)cccc1C(=O)N(C)CCN(C)C. The number of aliphatic hydroxyl groups excluding tert-OH is 1. The summed E-state index contributed by atoms with van der Waals surface area (Å²) in [6.07, 6.45) is 0.445. The molecule has 0 aliphatic rings. The second-order valence-corrected chi connectivity index (χ2v) is 5.28. The number of hydrogen-bond acceptors (Lipinski definition) is 3. The minimum atomic E-state index is 0.0140. The van der Waals surface area contributed by atoms with Gasteiger partial charge in [0.25, 0.3) is 5.91 Å². The molecule has 0 atom stereocenters. The number of carbonyl (C=O) groups excluding carboxylic acids is 1. The van der Waals surface area contributed by atoms with Crippen LogP contribution in [0.4, 0.5) is 0 Å². The predicted molar refractivity (Wildman–Crippen MR) is 85.3 cm³/mol. The highest BCUT2D eigenvalue weighted by atomic mass is 16.2. The van der Waals surface area contributed by atoms with Gasteiger partial charge in [0, 0.05) is 37.7 Å². The molecule has 0 fully saturated rings. The first-order valence-corrected chi connectivity index (χ1v) is 7.07. The van der Waals surface area contributed by atoms with Crippen LogP contribution in [0.15, 0.2) is 18.2 Å². The number of hydrogen-bond donors (Lipinski definition) is 1. The van der Waals surface area contributed by atoms with Crippen molar-refractivity contribution >= 4 is 5.91 Å². The standard InChI is InChI=1S/C17H24N2O2/c1-14-15(8-5-6-13-20)9-7-10-16(14)17(21)19(4)12-11-18(2)3/h7,9-10,20H,6,11-13H2,1-4H3. The van der Waals surface area contributed by atoms with Gasteiger partial charge in [-0.15, -0.1) is 0 Å². The number of carbonyl (C=O) groups is 1. The van der Waals surface area contributed by atoms with Crippen LogP contribution >= 0.6 is 0 Å². The van der Waals surface area contributed by atoms with Crippen molar-refractivity contribution in [2.75, 3.05) is 40.8 Å². The number of nitrogens with zero attached hydrogens (tertiary/aromatic N) is 2. The summed E-state index contributed by atoms with van der Waals surface area (Å²) in [6, 6.07) is 5.58. The summed E-state index contributed by atoms with van der Waals surface area (Å²) in [7, 11) is 5.79. The van der Waals surface area contributed by atoms with E-state index >= 15 is 0 Å². The smallest absolute Gasteiger partial charge is 0.253 e. The van der Waals surface area contributed by atoms with Gasteiger partial charge < -0.3 is 14.9 Å². The van der Waals surface area contributed by atoms with Gasteiger partial charge in [-0.2, -0.15) is 0 Å². The Kier molecular flexibility index (Phi) is 6.93. The van der Waals surface area contributed by atoms with Gasteiger partial charge in [0.05, 0.1) is 6.61 Å². The molecule has 1 aromatic rings. The van der Waals surface area contributed by atoms with Gasteiger partial charge in [-0.05, 0) is 38.7 Å². The number of rotatable bonds is 5. The van der Waals surface area contributed by atoms with Crippen LogP contribution in [0.3, 0.4) is 0 Å². The molecule has 0 aliphatic carbocycles. The molecule has 0 saturated heterocycles. The Balaban J connectivity index is 2.90. The Bertz CT molecular complexity index is 541. The van der Waals surface area contributed by atoms with E-state index in [4.69, 9.17) is 5.11 Å². The molecule has 0 bridgehead atoms. The molecule has 0 spiro atoms. The van der Waals surface area contributed by atoms with E-state index in [1.165, 1.54) is 0 Å². The van der Waals surface area contributed by atoms with E-state index in [0.717, 1.165) is 17.7 Å². The molecule has 114 valence electrons. The van der Waals surface area contributed by atoms with Gasteiger partial charge in [-0.3, -0.25) is 4.79 Å². The van der Waals surface area contributed by atoms with Gasteiger partial charge >= 0.3 is 0 Å². The van der Waals surface area contributed by atoms with Gasteiger partial charge in [0.15, 0.2) is 0 Å². The van der Waals surface area contributed by atoms with Gasteiger partial charge in [0.2, 0.25) is 0 Å². The largest absolute Gasteiger partial charge is 0.395 e. The first kappa shape index (κ1) is 17.2. The summed E-state index contributed by atoms with van der Waals surface area (Å²) in [4.78, 5) is 16.3. The van der Waals surface area contributed by atoms with Crippen molar-refractivity contribution < 1.29 is 9.90 Å². The maximum absolute atomic E-state index is 12.5. The molecule has 1 rings (SSSR count). The second kappa shape index (κ2) is 8.46. The minimum absolute atomic E-state index is 0.0140. The molecule has 1 amide bonds. The number of aliphatic hydroxyl groups is 1. The zero-order chi connectivity index (χ0) is 15.8. The third-order valence-electron chi connectivity index (χ3n) is 3.25. The highest BCUT2D eigenvalue weighted by molar-refractivity contribution is 5.96. The van der Waals surface area contributed by atoms with Crippen molar-refractivity contribution in [3.63, 3.8) is 0 Å². The van der Waals surface area contributed by atoms with Crippen LogP contribution in [0.25, 0.3) is 0 Å². The Morgan fingerprint density at radius 3 is 2.57 bits per heavy atom. The molecular formula is C17H24N2O2. The number of benzene rings is 1. The van der Waals surface area contributed by atoms with Crippen molar-refractivity contribution in [1.29, 1.82) is 0 Å². The van der Waals surface area contributed by atoms with E-state index in [1.54, 1.807) is 4.90 Å². The summed E-state index contributed by atoms with van der Waals surface area (Å²) in [5.41, 5.74) is 2.42. The molecule has 1 aromatic carbocycles. The monoisotopic (exact) mass is 288 g/mol. The molecule has 0 heterocycles. The first-order valence-electron chi connectivity index (χ1n) is 7.07. The van der Waals surface area contributed by atoms with Crippen LogP contribution in [0.5, 0.6) is 0 Å². The van der Waals surface area contributed by atoms with E-state index in [2.05, 4.69) is 11.8 Å². The molecule has 0 saturated carbocycles. The average Bonchev–Trinajstić information content (AvgIpc) is 2.46. The summed E-state index contributed by atoms with van der Waals surface area (Å²) < 4.78 is 0. The van der Waals surface area contributed by atoms with E-state index in [1.807, 2.05) is 51.2 Å². The predicted octanol–water partition coefficient (Wildman–Crippen LogP) is 1.36. The lowest BCUT2D eigenvalue weighted by atomic mass is 10.0. The van der Waals surface area contributed by atoms with Crippen LogP contribution in [0.2, 0.25) is 0 Å². The van der Waals surface area contributed by atoms with Crippen molar-refractivity contribution in [2.45, 2.75) is 13.3 Å². The van der Waals surface area contributed by atoms with Gasteiger partial charge in [-0.25, -0.2) is 0 Å². The number of likely N-dealkylation sites (N-methyl/N-ethyl adjacent to an activating group) is 2. The van der Waals surface area contributed by atoms with Crippen LogP contribution in [-0.4, -0.2) is 61.7 Å². The van der Waals surface area contributed by atoms with Gasteiger partial charge in [-0.1, -0.05) is 17.9 Å². The third-order valence-corrected chi connectivity index (χ3v) is 3.25.